The Labute approximate surface area is 118 Å². The van der Waals surface area contributed by atoms with Crippen molar-refractivity contribution < 1.29 is 14.3 Å². The average molecular weight is 280 g/mol. The van der Waals surface area contributed by atoms with Crippen molar-refractivity contribution >= 4 is 5.91 Å². The van der Waals surface area contributed by atoms with Gasteiger partial charge in [-0.3, -0.25) is 4.79 Å². The summed E-state index contributed by atoms with van der Waals surface area (Å²) < 4.78 is 13.2. The van der Waals surface area contributed by atoms with Gasteiger partial charge in [0.25, 0.3) is 0 Å². The van der Waals surface area contributed by atoms with E-state index in [1.807, 2.05) is 18.7 Å². The van der Waals surface area contributed by atoms with E-state index in [4.69, 9.17) is 0 Å². The molecule has 5 heteroatoms. The number of phenolic OH excluding ortho intramolecular Hbond substituents is 1. The van der Waals surface area contributed by atoms with Gasteiger partial charge in [-0.15, -0.1) is 0 Å². The number of nitrogens with zero attached hydrogens (tertiary/aromatic N) is 1. The minimum atomic E-state index is -0.367. The van der Waals surface area contributed by atoms with Crippen LogP contribution in [0.4, 0.5) is 4.39 Å². The molecule has 0 spiro atoms. The van der Waals surface area contributed by atoms with Crippen LogP contribution in [0.5, 0.6) is 5.75 Å². The van der Waals surface area contributed by atoms with Crippen molar-refractivity contribution in [1.82, 2.24) is 10.2 Å². The first-order valence-corrected chi connectivity index (χ1v) is 6.99. The monoisotopic (exact) mass is 280 g/mol. The van der Waals surface area contributed by atoms with Crippen molar-refractivity contribution in [3.8, 4) is 5.75 Å². The predicted molar refractivity (Wildman–Crippen MR) is 74.9 cm³/mol. The third-order valence-electron chi connectivity index (χ3n) is 3.66. The van der Waals surface area contributed by atoms with Gasteiger partial charge in [-0.2, -0.15) is 0 Å². The number of amides is 1. The third kappa shape index (κ3) is 3.48. The van der Waals surface area contributed by atoms with Gasteiger partial charge in [-0.05, 0) is 38.5 Å². The van der Waals surface area contributed by atoms with Crippen LogP contribution in [0.1, 0.15) is 38.3 Å². The maximum Gasteiger partial charge on any atom is 0.222 e. The Kier molecular flexibility index (Phi) is 4.60. The van der Waals surface area contributed by atoms with E-state index in [-0.39, 0.29) is 29.6 Å². The number of halogens is 1. The molecule has 2 atom stereocenters. The zero-order valence-electron chi connectivity index (χ0n) is 11.9. The van der Waals surface area contributed by atoms with Crippen molar-refractivity contribution in [3.63, 3.8) is 0 Å². The number of likely N-dealkylation sites (tertiary alicyclic amines) is 1. The number of nitrogens with one attached hydrogen (secondary N) is 1. The number of benzene rings is 1. The van der Waals surface area contributed by atoms with Crippen molar-refractivity contribution in [3.05, 3.63) is 29.6 Å². The van der Waals surface area contributed by atoms with Gasteiger partial charge in [0.2, 0.25) is 5.91 Å². The van der Waals surface area contributed by atoms with E-state index in [1.54, 1.807) is 0 Å². The second kappa shape index (κ2) is 6.22. The maximum atomic E-state index is 13.2. The summed E-state index contributed by atoms with van der Waals surface area (Å²) in [4.78, 5) is 13.4. The zero-order valence-corrected chi connectivity index (χ0v) is 11.9. The second-order valence-corrected chi connectivity index (χ2v) is 5.44. The maximum absolute atomic E-state index is 13.2. The minimum absolute atomic E-state index is 0.0784. The molecule has 0 aliphatic carbocycles. The predicted octanol–water partition coefficient (Wildman–Crippen LogP) is 2.19. The molecule has 1 aromatic carbocycles. The molecule has 2 rings (SSSR count). The molecule has 1 aromatic rings. The Morgan fingerprint density at radius 1 is 1.45 bits per heavy atom. The lowest BCUT2D eigenvalue weighted by atomic mass is 10.1. The van der Waals surface area contributed by atoms with Crippen molar-refractivity contribution in [1.29, 1.82) is 0 Å². The first kappa shape index (κ1) is 14.8. The summed E-state index contributed by atoms with van der Waals surface area (Å²) in [6, 6.07) is 3.82. The number of aromatic hydroxyl groups is 1. The topological polar surface area (TPSA) is 52.6 Å². The fraction of sp³-hybridized carbons (Fsp3) is 0.533. The van der Waals surface area contributed by atoms with Crippen LogP contribution < -0.4 is 5.32 Å². The highest BCUT2D eigenvalue weighted by Crippen LogP contribution is 2.25. The molecule has 2 N–H and O–H groups in total. The highest BCUT2D eigenvalue weighted by Gasteiger charge is 2.22. The van der Waals surface area contributed by atoms with E-state index < -0.39 is 0 Å². The molecular formula is C15H21FN2O2. The smallest absolute Gasteiger partial charge is 0.222 e. The number of phenols is 1. The quantitative estimate of drug-likeness (QED) is 0.869. The molecule has 1 aliphatic heterocycles. The van der Waals surface area contributed by atoms with E-state index in [0.29, 0.717) is 18.5 Å². The number of hydrogen-bond donors (Lipinski definition) is 2. The number of rotatable bonds is 5. The SMILES string of the molecule is CC(CN1CCCC1=O)NC(C)c1cc(F)ccc1O. The Morgan fingerprint density at radius 3 is 2.85 bits per heavy atom. The van der Waals surface area contributed by atoms with Crippen molar-refractivity contribution in [2.24, 2.45) is 0 Å². The summed E-state index contributed by atoms with van der Waals surface area (Å²) in [6.45, 7) is 5.30. The highest BCUT2D eigenvalue weighted by molar-refractivity contribution is 5.78. The van der Waals surface area contributed by atoms with Crippen LogP contribution in [0.15, 0.2) is 18.2 Å². The van der Waals surface area contributed by atoms with E-state index >= 15 is 0 Å². The second-order valence-electron chi connectivity index (χ2n) is 5.44. The van der Waals surface area contributed by atoms with Gasteiger partial charge in [0.15, 0.2) is 0 Å². The molecule has 1 saturated heterocycles. The molecule has 1 aliphatic rings. The molecule has 1 heterocycles. The number of hydrogen-bond acceptors (Lipinski definition) is 3. The van der Waals surface area contributed by atoms with Gasteiger partial charge in [-0.25, -0.2) is 4.39 Å². The molecular weight excluding hydrogens is 259 g/mol. The molecule has 20 heavy (non-hydrogen) atoms. The molecule has 0 saturated carbocycles. The van der Waals surface area contributed by atoms with Crippen LogP contribution in [-0.4, -0.2) is 35.0 Å². The molecule has 1 amide bonds. The molecule has 0 bridgehead atoms. The Balaban J connectivity index is 1.94. The van der Waals surface area contributed by atoms with E-state index in [1.165, 1.54) is 18.2 Å². The molecule has 1 fully saturated rings. The zero-order chi connectivity index (χ0) is 14.7. The molecule has 2 unspecified atom stereocenters. The minimum Gasteiger partial charge on any atom is -0.508 e. The normalized spacial score (nSPS) is 18.4. The Morgan fingerprint density at radius 2 is 2.20 bits per heavy atom. The van der Waals surface area contributed by atoms with Crippen LogP contribution in [0.3, 0.4) is 0 Å². The lowest BCUT2D eigenvalue weighted by molar-refractivity contribution is -0.127. The number of carbonyl (C=O) groups is 1. The summed E-state index contributed by atoms with van der Waals surface area (Å²) in [7, 11) is 0. The summed E-state index contributed by atoms with van der Waals surface area (Å²) in [5.74, 6) is -0.0930. The van der Waals surface area contributed by atoms with Crippen molar-refractivity contribution in [2.45, 2.75) is 38.8 Å². The van der Waals surface area contributed by atoms with Gasteiger partial charge < -0.3 is 15.3 Å². The summed E-state index contributed by atoms with van der Waals surface area (Å²) >= 11 is 0. The van der Waals surface area contributed by atoms with Crippen LogP contribution in [-0.2, 0) is 4.79 Å². The number of carbonyl (C=O) groups excluding carboxylic acids is 1. The first-order valence-electron chi connectivity index (χ1n) is 6.99. The lowest BCUT2D eigenvalue weighted by Gasteiger charge is -2.25. The van der Waals surface area contributed by atoms with Gasteiger partial charge in [0.1, 0.15) is 11.6 Å². The summed E-state index contributed by atoms with van der Waals surface area (Å²) in [5.41, 5.74) is 0.532. The van der Waals surface area contributed by atoms with E-state index in [9.17, 15) is 14.3 Å². The van der Waals surface area contributed by atoms with Gasteiger partial charge in [0, 0.05) is 37.2 Å². The summed E-state index contributed by atoms with van der Waals surface area (Å²) in [5, 5.41) is 13.1. The fourth-order valence-electron chi connectivity index (χ4n) is 2.67. The van der Waals surface area contributed by atoms with E-state index in [2.05, 4.69) is 5.32 Å². The molecule has 0 aromatic heterocycles. The lowest BCUT2D eigenvalue weighted by Crippen LogP contribution is -2.40. The Hall–Kier alpha value is -1.62. The largest absolute Gasteiger partial charge is 0.508 e. The van der Waals surface area contributed by atoms with Crippen LogP contribution in [0.25, 0.3) is 0 Å². The molecule has 4 nitrogen and oxygen atoms in total. The van der Waals surface area contributed by atoms with Crippen LogP contribution in [0.2, 0.25) is 0 Å². The van der Waals surface area contributed by atoms with Crippen LogP contribution >= 0.6 is 0 Å². The van der Waals surface area contributed by atoms with Crippen molar-refractivity contribution in [2.75, 3.05) is 13.1 Å². The Bertz CT molecular complexity index is 493. The molecule has 110 valence electrons. The van der Waals surface area contributed by atoms with Gasteiger partial charge in [-0.1, -0.05) is 0 Å². The standard InChI is InChI=1S/C15H21FN2O2/c1-10(9-18-7-3-4-15(18)20)17-11(2)13-8-12(16)5-6-14(13)19/h5-6,8,10-11,17,19H,3-4,7,9H2,1-2H3. The highest BCUT2D eigenvalue weighted by atomic mass is 19.1. The van der Waals surface area contributed by atoms with Gasteiger partial charge in [0.05, 0.1) is 0 Å². The summed E-state index contributed by atoms with van der Waals surface area (Å²) in [6.07, 6.45) is 1.55. The third-order valence-corrected chi connectivity index (χ3v) is 3.66. The molecule has 0 radical (unpaired) electrons. The van der Waals surface area contributed by atoms with Crippen LogP contribution in [0, 0.1) is 5.82 Å². The average Bonchev–Trinajstić information content (AvgIpc) is 2.77. The van der Waals surface area contributed by atoms with E-state index in [0.717, 1.165) is 13.0 Å². The van der Waals surface area contributed by atoms with Gasteiger partial charge >= 0.3 is 0 Å². The first-order chi connectivity index (χ1) is 9.47. The fourth-order valence-corrected chi connectivity index (χ4v) is 2.67.